The molecular weight excluding hydrogens is 569 g/mol. The molecule has 8 nitrogen and oxygen atoms in total. The van der Waals surface area contributed by atoms with Crippen LogP contribution in [0.1, 0.15) is 69.4 Å². The highest BCUT2D eigenvalue weighted by molar-refractivity contribution is 7.89. The van der Waals surface area contributed by atoms with Crippen LogP contribution in [0.5, 0.6) is 5.75 Å². The first-order valence-corrected chi connectivity index (χ1v) is 17.0. The van der Waals surface area contributed by atoms with Crippen molar-refractivity contribution in [2.45, 2.75) is 74.8 Å². The third-order valence-electron chi connectivity index (χ3n) is 9.03. The van der Waals surface area contributed by atoms with E-state index in [4.69, 9.17) is 9.47 Å². The number of nitrogens with one attached hydrogen (secondary N) is 1. The van der Waals surface area contributed by atoms with E-state index >= 15 is 0 Å². The molecular formula is C33H48FN3O5S. The van der Waals surface area contributed by atoms with Crippen molar-refractivity contribution >= 4 is 15.9 Å². The summed E-state index contributed by atoms with van der Waals surface area (Å²) in [6.45, 7) is 1.41. The molecule has 2 aliphatic rings. The van der Waals surface area contributed by atoms with E-state index in [1.807, 2.05) is 6.07 Å². The summed E-state index contributed by atoms with van der Waals surface area (Å²) in [5.41, 5.74) is 1.04. The molecule has 1 N–H and O–H groups in total. The van der Waals surface area contributed by atoms with Crippen LogP contribution in [0, 0.1) is 17.7 Å². The minimum absolute atomic E-state index is 0.0250. The molecule has 2 aromatic carbocycles. The van der Waals surface area contributed by atoms with Gasteiger partial charge in [0, 0.05) is 31.8 Å². The molecule has 10 heteroatoms. The molecule has 2 unspecified atom stereocenters. The molecule has 2 aromatic rings. The second-order valence-corrected chi connectivity index (χ2v) is 14.1. The molecule has 0 aromatic heterocycles. The Bertz CT molecular complexity index is 1270. The van der Waals surface area contributed by atoms with Crippen LogP contribution in [0.3, 0.4) is 0 Å². The number of rotatable bonds is 14. The summed E-state index contributed by atoms with van der Waals surface area (Å²) < 4.78 is 52.9. The lowest BCUT2D eigenvalue weighted by molar-refractivity contribution is -0.125. The maximum atomic E-state index is 13.9. The fourth-order valence-corrected chi connectivity index (χ4v) is 8.51. The van der Waals surface area contributed by atoms with Crippen molar-refractivity contribution in [1.29, 1.82) is 0 Å². The van der Waals surface area contributed by atoms with Crippen molar-refractivity contribution in [2.75, 3.05) is 47.5 Å². The number of hydrogen-bond donors (Lipinski definition) is 1. The predicted molar refractivity (Wildman–Crippen MR) is 166 cm³/mol. The number of methoxy groups -OCH3 is 1. The molecule has 0 radical (unpaired) electrons. The van der Waals surface area contributed by atoms with Crippen molar-refractivity contribution in [1.82, 2.24) is 14.5 Å². The first kappa shape index (κ1) is 33.4. The van der Waals surface area contributed by atoms with Crippen molar-refractivity contribution in [2.24, 2.45) is 11.8 Å². The number of halogens is 1. The van der Waals surface area contributed by atoms with Gasteiger partial charge in [0.1, 0.15) is 18.2 Å². The predicted octanol–water partition coefficient (Wildman–Crippen LogP) is 5.40. The maximum absolute atomic E-state index is 13.9. The first-order valence-electron chi connectivity index (χ1n) is 15.6. The van der Waals surface area contributed by atoms with Gasteiger partial charge in [-0.15, -0.1) is 0 Å². The Balaban J connectivity index is 1.14. The molecule has 1 amide bonds. The van der Waals surface area contributed by atoms with Crippen molar-refractivity contribution in [3.8, 4) is 5.75 Å². The molecule has 1 saturated heterocycles. The van der Waals surface area contributed by atoms with Gasteiger partial charge in [-0.05, 0) is 106 Å². The number of sulfonamides is 1. The number of benzene rings is 2. The monoisotopic (exact) mass is 617 g/mol. The van der Waals surface area contributed by atoms with Gasteiger partial charge in [-0.25, -0.2) is 12.8 Å². The van der Waals surface area contributed by atoms with Gasteiger partial charge in [0.05, 0.1) is 12.0 Å². The topological polar surface area (TPSA) is 88.2 Å². The first-order chi connectivity index (χ1) is 20.7. The molecule has 238 valence electrons. The smallest absolute Gasteiger partial charge is 0.245 e. The van der Waals surface area contributed by atoms with Gasteiger partial charge in [-0.1, -0.05) is 31.4 Å². The fraction of sp³-hybridized carbons (Fsp3) is 0.606. The van der Waals surface area contributed by atoms with Crippen molar-refractivity contribution in [3.63, 3.8) is 0 Å². The second-order valence-electron chi connectivity index (χ2n) is 12.2. The lowest BCUT2D eigenvalue weighted by Crippen LogP contribution is -2.44. The van der Waals surface area contributed by atoms with Gasteiger partial charge in [0.15, 0.2) is 0 Å². The zero-order valence-corrected chi connectivity index (χ0v) is 26.7. The highest BCUT2D eigenvalue weighted by atomic mass is 32.2. The van der Waals surface area contributed by atoms with Crippen LogP contribution in [0.15, 0.2) is 53.4 Å². The normalized spacial score (nSPS) is 22.3. The van der Waals surface area contributed by atoms with Crippen LogP contribution in [0.25, 0.3) is 0 Å². The molecule has 4 rings (SSSR count). The van der Waals surface area contributed by atoms with Gasteiger partial charge in [0.25, 0.3) is 0 Å². The fourth-order valence-electron chi connectivity index (χ4n) is 6.79. The molecule has 2 fully saturated rings. The van der Waals surface area contributed by atoms with E-state index in [1.54, 1.807) is 47.8 Å². The Kier molecular flexibility index (Phi) is 12.4. The van der Waals surface area contributed by atoms with E-state index < -0.39 is 10.0 Å². The third kappa shape index (κ3) is 9.23. The number of hydrogen-bond acceptors (Lipinski definition) is 6. The molecule has 1 heterocycles. The van der Waals surface area contributed by atoms with E-state index in [9.17, 15) is 17.6 Å². The summed E-state index contributed by atoms with van der Waals surface area (Å²) in [6, 6.07) is 13.5. The van der Waals surface area contributed by atoms with E-state index in [2.05, 4.69) is 24.3 Å². The van der Waals surface area contributed by atoms with Crippen LogP contribution >= 0.6 is 0 Å². The SMILES string of the molecule is COc1ccc(S(=O)(=O)N2CCCCC2CCOCC(=O)NCCC2CCC(C(c3cccc(F)c3)N(C)C)CC2)cc1. The molecule has 0 spiro atoms. The van der Waals surface area contributed by atoms with Crippen LogP contribution in [0.4, 0.5) is 4.39 Å². The third-order valence-corrected chi connectivity index (χ3v) is 11.0. The zero-order chi connectivity index (χ0) is 30.8. The summed E-state index contributed by atoms with van der Waals surface area (Å²) in [5, 5.41) is 2.99. The van der Waals surface area contributed by atoms with E-state index in [0.29, 0.717) is 43.7 Å². The summed E-state index contributed by atoms with van der Waals surface area (Å²) >= 11 is 0. The Labute approximate surface area is 257 Å². The highest BCUT2D eigenvalue weighted by Gasteiger charge is 2.33. The maximum Gasteiger partial charge on any atom is 0.245 e. The van der Waals surface area contributed by atoms with Gasteiger partial charge in [-0.3, -0.25) is 4.79 Å². The quantitative estimate of drug-likeness (QED) is 0.286. The Morgan fingerprint density at radius 1 is 1.05 bits per heavy atom. The van der Waals surface area contributed by atoms with Crippen molar-refractivity contribution in [3.05, 3.63) is 59.9 Å². The number of carbonyl (C=O) groups excluding carboxylic acids is 1. The molecule has 43 heavy (non-hydrogen) atoms. The average Bonchev–Trinajstić information content (AvgIpc) is 3.00. The average molecular weight is 618 g/mol. The summed E-state index contributed by atoms with van der Waals surface area (Å²) in [4.78, 5) is 14.9. The minimum atomic E-state index is -3.62. The molecule has 1 aliphatic carbocycles. The lowest BCUT2D eigenvalue weighted by Gasteiger charge is -2.37. The van der Waals surface area contributed by atoms with Gasteiger partial charge >= 0.3 is 0 Å². The van der Waals surface area contributed by atoms with Gasteiger partial charge in [-0.2, -0.15) is 4.31 Å². The zero-order valence-electron chi connectivity index (χ0n) is 25.8. The summed E-state index contributed by atoms with van der Waals surface area (Å²) in [6.07, 6.45) is 8.47. The Hall–Kier alpha value is -2.53. The van der Waals surface area contributed by atoms with E-state index in [1.165, 1.54) is 6.07 Å². The van der Waals surface area contributed by atoms with Crippen molar-refractivity contribution < 1.29 is 27.1 Å². The Morgan fingerprint density at radius 3 is 2.47 bits per heavy atom. The largest absolute Gasteiger partial charge is 0.497 e. The molecule has 1 saturated carbocycles. The van der Waals surface area contributed by atoms with Gasteiger partial charge in [0.2, 0.25) is 15.9 Å². The molecule has 1 aliphatic heterocycles. The number of amides is 1. The molecule has 0 bridgehead atoms. The Morgan fingerprint density at radius 2 is 1.79 bits per heavy atom. The van der Waals surface area contributed by atoms with E-state index in [-0.39, 0.29) is 35.3 Å². The van der Waals surface area contributed by atoms with Crippen LogP contribution in [-0.4, -0.2) is 77.1 Å². The number of piperidine rings is 1. The number of ether oxygens (including phenoxy) is 2. The summed E-state index contributed by atoms with van der Waals surface area (Å²) in [7, 11) is 2.06. The number of nitrogens with zero attached hydrogens (tertiary/aromatic N) is 2. The van der Waals surface area contributed by atoms with Crippen LogP contribution in [-0.2, 0) is 19.6 Å². The molecule has 2 atom stereocenters. The van der Waals surface area contributed by atoms with Crippen LogP contribution in [0.2, 0.25) is 0 Å². The van der Waals surface area contributed by atoms with Crippen LogP contribution < -0.4 is 10.1 Å². The second kappa shape index (κ2) is 16.0. The number of carbonyl (C=O) groups is 1. The standard InChI is InChI=1S/C33H48FN3O5S/c1-36(2)33(27-7-6-8-28(34)23-27)26-12-10-25(11-13-26)18-20-35-32(38)24-42-22-19-29-9-4-5-21-37(29)43(39,40)31-16-14-30(41-3)15-17-31/h6-8,14-17,23,25-26,29,33H,4-5,9-13,18-22,24H2,1-3H3,(H,35,38). The highest BCUT2D eigenvalue weighted by Crippen LogP contribution is 2.40. The van der Waals surface area contributed by atoms with E-state index in [0.717, 1.165) is 56.9 Å². The summed E-state index contributed by atoms with van der Waals surface area (Å²) in [5.74, 6) is 1.34. The lowest BCUT2D eigenvalue weighted by atomic mass is 9.75. The van der Waals surface area contributed by atoms with Gasteiger partial charge < -0.3 is 19.7 Å². The minimum Gasteiger partial charge on any atom is -0.497 e.